The van der Waals surface area contributed by atoms with Crippen molar-refractivity contribution in [3.63, 3.8) is 0 Å². The van der Waals surface area contributed by atoms with Crippen molar-refractivity contribution < 1.29 is 22.0 Å². The monoisotopic (exact) mass is 405 g/mol. The van der Waals surface area contributed by atoms with Crippen LogP contribution in [0.5, 0.6) is 0 Å². The van der Waals surface area contributed by atoms with Gasteiger partial charge < -0.3 is 0 Å². The summed E-state index contributed by atoms with van der Waals surface area (Å²) in [5.74, 6) is -11.0. The molecule has 6 nitrogen and oxygen atoms in total. The number of halogens is 5. The van der Waals surface area contributed by atoms with Crippen LogP contribution >= 0.6 is 0 Å². The number of H-pyrrole nitrogens is 1. The van der Waals surface area contributed by atoms with Crippen molar-refractivity contribution in [2.75, 3.05) is 5.43 Å². The van der Waals surface area contributed by atoms with Crippen molar-refractivity contribution in [3.8, 4) is 17.3 Å². The van der Waals surface area contributed by atoms with Gasteiger partial charge in [-0.2, -0.15) is 10.4 Å². The standard InChI is InChI=1S/C18H8F5N5O/c19-11-10(12(20)14(22)15(23)13(11)21)7-25-28-18-26-16(8-4-2-1-3-5-8)9(6-24)17(29)27-18/h1-5,7H,(H2,26,27,28,29). The van der Waals surface area contributed by atoms with Crippen LogP contribution < -0.4 is 11.0 Å². The maximum Gasteiger partial charge on any atom is 0.270 e. The van der Waals surface area contributed by atoms with E-state index in [4.69, 9.17) is 5.26 Å². The minimum Gasteiger partial charge on any atom is -0.290 e. The molecule has 146 valence electrons. The van der Waals surface area contributed by atoms with E-state index in [1.165, 1.54) is 0 Å². The molecule has 11 heteroatoms. The summed E-state index contributed by atoms with van der Waals surface area (Å²) < 4.78 is 66.7. The number of aromatic amines is 1. The third kappa shape index (κ3) is 3.68. The first-order valence-electron chi connectivity index (χ1n) is 7.75. The maximum absolute atomic E-state index is 13.6. The fourth-order valence-corrected chi connectivity index (χ4v) is 2.33. The predicted molar refractivity (Wildman–Crippen MR) is 92.5 cm³/mol. The Morgan fingerprint density at radius 1 is 1.00 bits per heavy atom. The zero-order valence-electron chi connectivity index (χ0n) is 14.1. The van der Waals surface area contributed by atoms with Crippen LogP contribution in [0.3, 0.4) is 0 Å². The van der Waals surface area contributed by atoms with Crippen molar-refractivity contribution in [2.45, 2.75) is 0 Å². The molecule has 0 aliphatic carbocycles. The summed E-state index contributed by atoms with van der Waals surface area (Å²) in [6.45, 7) is 0. The van der Waals surface area contributed by atoms with Gasteiger partial charge in [-0.15, -0.1) is 0 Å². The molecule has 0 amide bonds. The number of anilines is 1. The van der Waals surface area contributed by atoms with E-state index in [0.29, 0.717) is 11.8 Å². The molecule has 0 unspecified atom stereocenters. The summed E-state index contributed by atoms with van der Waals surface area (Å²) in [6.07, 6.45) is 0.344. The van der Waals surface area contributed by atoms with Gasteiger partial charge in [-0.05, 0) is 0 Å². The third-order valence-electron chi connectivity index (χ3n) is 3.69. The molecule has 0 spiro atoms. The van der Waals surface area contributed by atoms with Crippen molar-refractivity contribution in [2.24, 2.45) is 5.10 Å². The first-order chi connectivity index (χ1) is 13.8. The number of hydrogen-bond acceptors (Lipinski definition) is 5. The van der Waals surface area contributed by atoms with Crippen LogP contribution in [0.4, 0.5) is 27.9 Å². The summed E-state index contributed by atoms with van der Waals surface area (Å²) >= 11 is 0. The number of benzene rings is 2. The van der Waals surface area contributed by atoms with E-state index in [2.05, 4.69) is 20.5 Å². The van der Waals surface area contributed by atoms with E-state index in [-0.39, 0.29) is 17.2 Å². The number of rotatable bonds is 4. The van der Waals surface area contributed by atoms with Crippen LogP contribution in [0.25, 0.3) is 11.3 Å². The Balaban J connectivity index is 1.98. The lowest BCUT2D eigenvalue weighted by molar-refractivity contribution is 0.377. The van der Waals surface area contributed by atoms with Gasteiger partial charge in [-0.1, -0.05) is 30.3 Å². The molecule has 0 bridgehead atoms. The van der Waals surface area contributed by atoms with E-state index in [0.717, 1.165) is 0 Å². The van der Waals surface area contributed by atoms with E-state index >= 15 is 0 Å². The van der Waals surface area contributed by atoms with Crippen LogP contribution in [-0.4, -0.2) is 16.2 Å². The van der Waals surface area contributed by atoms with Gasteiger partial charge in [0.2, 0.25) is 11.8 Å². The number of nitrogens with zero attached hydrogens (tertiary/aromatic N) is 3. The Labute approximate surface area is 159 Å². The van der Waals surface area contributed by atoms with Gasteiger partial charge in [-0.3, -0.25) is 9.78 Å². The van der Waals surface area contributed by atoms with E-state index in [1.807, 2.05) is 0 Å². The van der Waals surface area contributed by atoms with Gasteiger partial charge >= 0.3 is 0 Å². The Morgan fingerprint density at radius 2 is 1.59 bits per heavy atom. The number of aromatic nitrogens is 2. The third-order valence-corrected chi connectivity index (χ3v) is 3.69. The molecule has 2 aromatic carbocycles. The summed E-state index contributed by atoms with van der Waals surface area (Å²) in [7, 11) is 0. The fourth-order valence-electron chi connectivity index (χ4n) is 2.33. The fraction of sp³-hybridized carbons (Fsp3) is 0. The van der Waals surface area contributed by atoms with Gasteiger partial charge in [0.15, 0.2) is 23.3 Å². The first-order valence-corrected chi connectivity index (χ1v) is 7.75. The van der Waals surface area contributed by atoms with Crippen molar-refractivity contribution in [1.82, 2.24) is 9.97 Å². The van der Waals surface area contributed by atoms with Gasteiger partial charge in [0.25, 0.3) is 5.56 Å². The highest BCUT2D eigenvalue weighted by atomic mass is 19.2. The Morgan fingerprint density at radius 3 is 2.17 bits per heavy atom. The second kappa shape index (κ2) is 7.89. The summed E-state index contributed by atoms with van der Waals surface area (Å²) in [6, 6.07) is 9.89. The normalized spacial score (nSPS) is 10.9. The van der Waals surface area contributed by atoms with Crippen LogP contribution in [-0.2, 0) is 0 Å². The van der Waals surface area contributed by atoms with Crippen LogP contribution in [0.15, 0.2) is 40.2 Å². The smallest absolute Gasteiger partial charge is 0.270 e. The van der Waals surface area contributed by atoms with Gasteiger partial charge in [0, 0.05) is 5.56 Å². The Hall–Kier alpha value is -4.07. The second-order valence-electron chi connectivity index (χ2n) is 5.47. The predicted octanol–water partition coefficient (Wildman–Crippen LogP) is 3.45. The zero-order valence-corrected chi connectivity index (χ0v) is 14.1. The molecular formula is C18H8F5N5O. The lowest BCUT2D eigenvalue weighted by atomic mass is 10.1. The van der Waals surface area contributed by atoms with E-state index < -0.39 is 40.2 Å². The van der Waals surface area contributed by atoms with Crippen molar-refractivity contribution in [3.05, 3.63) is 80.9 Å². The maximum atomic E-state index is 13.6. The first kappa shape index (κ1) is 19.7. The Kier molecular flexibility index (Phi) is 5.36. The average molecular weight is 405 g/mol. The molecule has 1 heterocycles. The highest BCUT2D eigenvalue weighted by Crippen LogP contribution is 2.22. The lowest BCUT2D eigenvalue weighted by Crippen LogP contribution is -2.16. The molecule has 0 atom stereocenters. The van der Waals surface area contributed by atoms with E-state index in [9.17, 15) is 26.7 Å². The molecule has 3 aromatic rings. The van der Waals surface area contributed by atoms with Crippen molar-refractivity contribution >= 4 is 12.2 Å². The molecule has 1 aromatic heterocycles. The summed E-state index contributed by atoms with van der Waals surface area (Å²) in [5.41, 5.74) is 0.168. The summed E-state index contributed by atoms with van der Waals surface area (Å²) in [5, 5.41) is 12.5. The minimum absolute atomic E-state index is 0.00535. The molecule has 0 saturated heterocycles. The largest absolute Gasteiger partial charge is 0.290 e. The van der Waals surface area contributed by atoms with E-state index in [1.54, 1.807) is 36.4 Å². The molecule has 0 radical (unpaired) electrons. The highest BCUT2D eigenvalue weighted by Gasteiger charge is 2.24. The zero-order chi connectivity index (χ0) is 21.1. The molecule has 2 N–H and O–H groups in total. The second-order valence-corrected chi connectivity index (χ2v) is 5.47. The van der Waals surface area contributed by atoms with Gasteiger partial charge in [-0.25, -0.2) is 32.4 Å². The molecule has 29 heavy (non-hydrogen) atoms. The Bertz CT molecular complexity index is 1190. The average Bonchev–Trinajstić information content (AvgIpc) is 2.73. The topological polar surface area (TPSA) is 93.9 Å². The van der Waals surface area contributed by atoms with Crippen LogP contribution in [0.2, 0.25) is 0 Å². The highest BCUT2D eigenvalue weighted by molar-refractivity contribution is 5.81. The van der Waals surface area contributed by atoms with Gasteiger partial charge in [0.1, 0.15) is 11.6 Å². The van der Waals surface area contributed by atoms with Crippen LogP contribution in [0, 0.1) is 40.4 Å². The van der Waals surface area contributed by atoms with Crippen LogP contribution in [0.1, 0.15) is 11.1 Å². The number of hydrogen-bond donors (Lipinski definition) is 2. The molecule has 0 aliphatic heterocycles. The molecule has 0 aliphatic rings. The SMILES string of the molecule is N#Cc1c(-c2ccccc2)nc(NN=Cc2c(F)c(F)c(F)c(F)c2F)[nH]c1=O. The molecule has 0 saturated carbocycles. The number of hydrazone groups is 1. The van der Waals surface area contributed by atoms with Gasteiger partial charge in [0.05, 0.1) is 17.5 Å². The lowest BCUT2D eigenvalue weighted by Gasteiger charge is -2.06. The molecule has 0 fully saturated rings. The quantitative estimate of drug-likeness (QED) is 0.229. The molecule has 3 rings (SSSR count). The minimum atomic E-state index is -2.30. The number of nitriles is 1. The summed E-state index contributed by atoms with van der Waals surface area (Å²) in [4.78, 5) is 18.2. The van der Waals surface area contributed by atoms with Crippen molar-refractivity contribution in [1.29, 1.82) is 5.26 Å². The number of nitrogens with one attached hydrogen (secondary N) is 2. The molecular weight excluding hydrogens is 397 g/mol.